The summed E-state index contributed by atoms with van der Waals surface area (Å²) in [6.07, 6.45) is 5.33. The van der Waals surface area contributed by atoms with E-state index in [9.17, 15) is 4.79 Å². The van der Waals surface area contributed by atoms with E-state index in [2.05, 4.69) is 27.9 Å². The molecule has 0 bridgehead atoms. The van der Waals surface area contributed by atoms with Gasteiger partial charge in [-0.2, -0.15) is 0 Å². The number of rotatable bonds is 5. The number of hydrogen-bond acceptors (Lipinski definition) is 4. The number of carbonyl (C=O) groups is 1. The normalized spacial score (nSPS) is 15.7. The second kappa shape index (κ2) is 7.85. The van der Waals surface area contributed by atoms with Gasteiger partial charge < -0.3 is 5.32 Å². The van der Waals surface area contributed by atoms with Gasteiger partial charge in [-0.25, -0.2) is 0 Å². The smallest absolute Gasteiger partial charge is 0.260 e. The minimum absolute atomic E-state index is 0.225. The molecular weight excluding hydrogens is 338 g/mol. The summed E-state index contributed by atoms with van der Waals surface area (Å²) in [5.74, 6) is -0.225. The molecular formula is C22H19N3O2. The number of amides is 1. The van der Waals surface area contributed by atoms with Gasteiger partial charge in [0.2, 0.25) is 0 Å². The third kappa shape index (κ3) is 4.22. The molecule has 1 aliphatic heterocycles. The topological polar surface area (TPSA) is 63.2 Å². The Morgan fingerprint density at radius 2 is 1.78 bits per heavy atom. The van der Waals surface area contributed by atoms with E-state index in [1.165, 1.54) is 11.1 Å². The molecule has 2 aromatic carbocycles. The van der Waals surface area contributed by atoms with Crippen LogP contribution < -0.4 is 10.8 Å². The van der Waals surface area contributed by atoms with Crippen molar-refractivity contribution in [2.45, 2.75) is 12.5 Å². The molecule has 0 radical (unpaired) electrons. The summed E-state index contributed by atoms with van der Waals surface area (Å²) >= 11 is 0. The third-order valence-corrected chi connectivity index (χ3v) is 4.32. The number of anilines is 1. The quantitative estimate of drug-likeness (QED) is 0.733. The van der Waals surface area contributed by atoms with Gasteiger partial charge in [0.15, 0.2) is 6.10 Å². The lowest BCUT2D eigenvalue weighted by Gasteiger charge is -2.10. The minimum Gasteiger partial charge on any atom is -0.323 e. The van der Waals surface area contributed by atoms with E-state index < -0.39 is 6.10 Å². The van der Waals surface area contributed by atoms with E-state index in [0.29, 0.717) is 0 Å². The summed E-state index contributed by atoms with van der Waals surface area (Å²) < 4.78 is 0. The maximum atomic E-state index is 12.4. The third-order valence-electron chi connectivity index (χ3n) is 4.32. The highest BCUT2D eigenvalue weighted by Crippen LogP contribution is 2.19. The Kier molecular flexibility index (Phi) is 4.94. The molecule has 1 amide bonds. The molecule has 1 unspecified atom stereocenters. The van der Waals surface area contributed by atoms with E-state index in [1.807, 2.05) is 54.6 Å². The predicted octanol–water partition coefficient (Wildman–Crippen LogP) is 3.56. The Hall–Kier alpha value is -3.44. The summed E-state index contributed by atoms with van der Waals surface area (Å²) in [7, 11) is 0. The summed E-state index contributed by atoms with van der Waals surface area (Å²) in [4.78, 5) is 21.9. The fourth-order valence-electron chi connectivity index (χ4n) is 2.90. The van der Waals surface area contributed by atoms with Crippen LogP contribution in [-0.4, -0.2) is 17.0 Å². The first-order valence-corrected chi connectivity index (χ1v) is 8.75. The molecule has 134 valence electrons. The van der Waals surface area contributed by atoms with E-state index in [4.69, 9.17) is 4.84 Å². The maximum absolute atomic E-state index is 12.4. The first kappa shape index (κ1) is 17.0. The van der Waals surface area contributed by atoms with Gasteiger partial charge in [0.1, 0.15) is 0 Å². The Morgan fingerprint density at radius 1 is 1.00 bits per heavy atom. The number of aromatic nitrogens is 1. The van der Waals surface area contributed by atoms with Gasteiger partial charge in [0.05, 0.1) is 5.70 Å². The van der Waals surface area contributed by atoms with E-state index in [-0.39, 0.29) is 5.91 Å². The van der Waals surface area contributed by atoms with Crippen LogP contribution in [0.4, 0.5) is 5.69 Å². The number of pyridine rings is 1. The SMILES string of the molecule is O=C(Nc1ccc(Cc2ccccc2)cc1)C1C=C(c2cccnc2)NO1. The number of benzene rings is 2. The second-order valence-corrected chi connectivity index (χ2v) is 6.31. The summed E-state index contributed by atoms with van der Waals surface area (Å²) in [6.45, 7) is 0. The van der Waals surface area contributed by atoms with Crippen LogP contribution in [0.2, 0.25) is 0 Å². The molecule has 1 aromatic heterocycles. The first-order chi connectivity index (χ1) is 13.3. The maximum Gasteiger partial charge on any atom is 0.260 e. The standard InChI is InChI=1S/C22H19N3O2/c26-22(21-14-20(25-27-21)18-7-4-12-23-15-18)24-19-10-8-17(9-11-19)13-16-5-2-1-3-6-16/h1-12,14-15,21,25H,13H2,(H,24,26). The molecule has 0 aliphatic carbocycles. The van der Waals surface area contributed by atoms with Gasteiger partial charge in [-0.05, 0) is 47.9 Å². The van der Waals surface area contributed by atoms with Crippen molar-refractivity contribution in [1.29, 1.82) is 0 Å². The van der Waals surface area contributed by atoms with Crippen molar-refractivity contribution >= 4 is 17.3 Å². The monoisotopic (exact) mass is 357 g/mol. The molecule has 2 heterocycles. The van der Waals surface area contributed by atoms with Gasteiger partial charge in [-0.3, -0.25) is 20.1 Å². The van der Waals surface area contributed by atoms with Gasteiger partial charge >= 0.3 is 0 Å². The summed E-state index contributed by atoms with van der Waals surface area (Å²) in [5.41, 5.74) is 7.59. The molecule has 1 atom stereocenters. The van der Waals surface area contributed by atoms with Crippen LogP contribution in [0.1, 0.15) is 16.7 Å². The Bertz CT molecular complexity index is 938. The zero-order valence-electron chi connectivity index (χ0n) is 14.6. The number of nitrogens with zero attached hydrogens (tertiary/aromatic N) is 1. The first-order valence-electron chi connectivity index (χ1n) is 8.75. The number of carbonyl (C=O) groups excluding carboxylic acids is 1. The van der Waals surface area contributed by atoms with Gasteiger partial charge in [-0.15, -0.1) is 0 Å². The van der Waals surface area contributed by atoms with Crippen molar-refractivity contribution in [3.63, 3.8) is 0 Å². The van der Waals surface area contributed by atoms with Crippen LogP contribution in [0.5, 0.6) is 0 Å². The van der Waals surface area contributed by atoms with Crippen LogP contribution >= 0.6 is 0 Å². The van der Waals surface area contributed by atoms with Crippen molar-refractivity contribution < 1.29 is 9.63 Å². The molecule has 5 nitrogen and oxygen atoms in total. The molecule has 0 spiro atoms. The minimum atomic E-state index is -0.691. The largest absolute Gasteiger partial charge is 0.323 e. The lowest BCUT2D eigenvalue weighted by atomic mass is 10.0. The molecule has 27 heavy (non-hydrogen) atoms. The van der Waals surface area contributed by atoms with Crippen LogP contribution in [0.3, 0.4) is 0 Å². The van der Waals surface area contributed by atoms with Gasteiger partial charge in [-0.1, -0.05) is 42.5 Å². The highest BCUT2D eigenvalue weighted by molar-refractivity contribution is 5.97. The number of hydrogen-bond donors (Lipinski definition) is 2. The van der Waals surface area contributed by atoms with E-state index in [1.54, 1.807) is 18.5 Å². The molecule has 0 fully saturated rings. The number of nitrogens with one attached hydrogen (secondary N) is 2. The van der Waals surface area contributed by atoms with E-state index in [0.717, 1.165) is 23.4 Å². The van der Waals surface area contributed by atoms with Crippen molar-refractivity contribution in [1.82, 2.24) is 10.5 Å². The van der Waals surface area contributed by atoms with Crippen molar-refractivity contribution in [2.24, 2.45) is 0 Å². The Labute approximate surface area is 157 Å². The van der Waals surface area contributed by atoms with Crippen LogP contribution in [0, 0.1) is 0 Å². The zero-order valence-corrected chi connectivity index (χ0v) is 14.6. The Balaban J connectivity index is 1.38. The molecule has 5 heteroatoms. The molecule has 3 aromatic rings. The van der Waals surface area contributed by atoms with Gasteiger partial charge in [0.25, 0.3) is 5.91 Å². The molecule has 4 rings (SSSR count). The molecule has 2 N–H and O–H groups in total. The van der Waals surface area contributed by atoms with E-state index >= 15 is 0 Å². The predicted molar refractivity (Wildman–Crippen MR) is 105 cm³/mol. The average Bonchev–Trinajstić information content (AvgIpc) is 3.21. The molecule has 0 saturated heterocycles. The van der Waals surface area contributed by atoms with Gasteiger partial charge in [0, 0.05) is 23.6 Å². The fraction of sp³-hybridized carbons (Fsp3) is 0.0909. The fourth-order valence-corrected chi connectivity index (χ4v) is 2.90. The second-order valence-electron chi connectivity index (χ2n) is 6.31. The summed E-state index contributed by atoms with van der Waals surface area (Å²) in [5, 5.41) is 2.88. The highest BCUT2D eigenvalue weighted by Gasteiger charge is 2.24. The Morgan fingerprint density at radius 3 is 2.52 bits per heavy atom. The van der Waals surface area contributed by atoms with Crippen molar-refractivity contribution in [3.05, 3.63) is 102 Å². The molecule has 0 saturated carbocycles. The van der Waals surface area contributed by atoms with Crippen molar-refractivity contribution in [3.8, 4) is 0 Å². The van der Waals surface area contributed by atoms with Crippen molar-refractivity contribution in [2.75, 3.05) is 5.32 Å². The zero-order chi connectivity index (χ0) is 18.5. The molecule has 1 aliphatic rings. The van der Waals surface area contributed by atoms with Crippen LogP contribution in [-0.2, 0) is 16.1 Å². The lowest BCUT2D eigenvalue weighted by molar-refractivity contribution is -0.125. The lowest BCUT2D eigenvalue weighted by Crippen LogP contribution is -2.28. The highest BCUT2D eigenvalue weighted by atomic mass is 16.7. The average molecular weight is 357 g/mol. The van der Waals surface area contributed by atoms with Crippen LogP contribution in [0.15, 0.2) is 85.2 Å². The van der Waals surface area contributed by atoms with Crippen LogP contribution in [0.25, 0.3) is 5.70 Å². The number of hydroxylamine groups is 1. The summed E-state index contributed by atoms with van der Waals surface area (Å²) in [6, 6.07) is 21.9.